The highest BCUT2D eigenvalue weighted by Crippen LogP contribution is 2.21. The van der Waals surface area contributed by atoms with E-state index in [2.05, 4.69) is 31.8 Å². The van der Waals surface area contributed by atoms with E-state index in [4.69, 9.17) is 21.7 Å². The first-order chi connectivity index (χ1) is 9.56. The topological polar surface area (TPSA) is 54.9 Å². The van der Waals surface area contributed by atoms with Crippen LogP contribution in [0.2, 0.25) is 0 Å². The minimum Gasteiger partial charge on any atom is -0.496 e. The minimum absolute atomic E-state index is 0.121. The van der Waals surface area contributed by atoms with E-state index in [1.165, 1.54) is 0 Å². The lowest BCUT2D eigenvalue weighted by Crippen LogP contribution is -2.40. The van der Waals surface area contributed by atoms with Gasteiger partial charge in [0.25, 0.3) is 0 Å². The number of methoxy groups -OCH3 is 2. The predicted molar refractivity (Wildman–Crippen MR) is 88.5 cm³/mol. The van der Waals surface area contributed by atoms with Gasteiger partial charge in [-0.2, -0.15) is 5.10 Å². The standard InChI is InChI=1S/C13H18BrN3O2S/c1-9(8-18-2)16-13(20)17-15-7-10-6-11(14)4-5-12(10)19-3/h4-7,9H,8H2,1-3H3,(H2,16,17,20)/b15-7-/t9-/m1/s1. The average molecular weight is 360 g/mol. The molecule has 0 bridgehead atoms. The SMILES string of the molecule is COC[C@@H](C)NC(=S)N/N=C\c1cc(Br)ccc1OC. The van der Waals surface area contributed by atoms with E-state index < -0.39 is 0 Å². The van der Waals surface area contributed by atoms with Gasteiger partial charge in [0.1, 0.15) is 5.75 Å². The molecule has 5 nitrogen and oxygen atoms in total. The van der Waals surface area contributed by atoms with Crippen LogP contribution in [0.5, 0.6) is 5.75 Å². The molecule has 1 rings (SSSR count). The van der Waals surface area contributed by atoms with Crippen molar-refractivity contribution in [1.29, 1.82) is 0 Å². The molecule has 0 amide bonds. The van der Waals surface area contributed by atoms with Crippen LogP contribution in [-0.2, 0) is 4.74 Å². The molecular formula is C13H18BrN3O2S. The second-order valence-corrected chi connectivity index (χ2v) is 5.41. The zero-order valence-corrected chi connectivity index (χ0v) is 14.0. The zero-order chi connectivity index (χ0) is 15.0. The molecule has 2 N–H and O–H groups in total. The van der Waals surface area contributed by atoms with Crippen LogP contribution in [0.1, 0.15) is 12.5 Å². The van der Waals surface area contributed by atoms with E-state index in [-0.39, 0.29) is 6.04 Å². The maximum absolute atomic E-state index is 5.25. The maximum Gasteiger partial charge on any atom is 0.187 e. The Morgan fingerprint density at radius 1 is 1.50 bits per heavy atom. The second kappa shape index (κ2) is 8.89. The van der Waals surface area contributed by atoms with Gasteiger partial charge in [-0.3, -0.25) is 5.43 Å². The molecule has 7 heteroatoms. The summed E-state index contributed by atoms with van der Waals surface area (Å²) in [7, 11) is 3.26. The lowest BCUT2D eigenvalue weighted by Gasteiger charge is -2.13. The molecule has 110 valence electrons. The lowest BCUT2D eigenvalue weighted by molar-refractivity contribution is 0.179. The number of halogens is 1. The Morgan fingerprint density at radius 2 is 2.25 bits per heavy atom. The van der Waals surface area contributed by atoms with Gasteiger partial charge in [-0.05, 0) is 37.3 Å². The van der Waals surface area contributed by atoms with E-state index in [0.29, 0.717) is 11.7 Å². The van der Waals surface area contributed by atoms with Crippen molar-refractivity contribution in [2.45, 2.75) is 13.0 Å². The number of thiocarbonyl (C=S) groups is 1. The summed E-state index contributed by atoms with van der Waals surface area (Å²) in [5.41, 5.74) is 3.60. The predicted octanol–water partition coefficient (Wildman–Crippen LogP) is 2.29. The lowest BCUT2D eigenvalue weighted by atomic mass is 10.2. The number of nitrogens with one attached hydrogen (secondary N) is 2. The molecular weight excluding hydrogens is 342 g/mol. The fourth-order valence-electron chi connectivity index (χ4n) is 1.51. The second-order valence-electron chi connectivity index (χ2n) is 4.09. The monoisotopic (exact) mass is 359 g/mol. The third-order valence-electron chi connectivity index (χ3n) is 2.36. The maximum atomic E-state index is 5.25. The van der Waals surface area contributed by atoms with Crippen LogP contribution in [0.15, 0.2) is 27.8 Å². The Bertz CT molecular complexity index is 483. The van der Waals surface area contributed by atoms with E-state index in [9.17, 15) is 0 Å². The Kier molecular flexibility index (Phi) is 7.50. The van der Waals surface area contributed by atoms with Crippen LogP contribution in [0.3, 0.4) is 0 Å². The highest BCUT2D eigenvalue weighted by Gasteiger charge is 2.03. The smallest absolute Gasteiger partial charge is 0.187 e. The van der Waals surface area contributed by atoms with Crippen molar-refractivity contribution in [1.82, 2.24) is 10.7 Å². The molecule has 20 heavy (non-hydrogen) atoms. The van der Waals surface area contributed by atoms with Crippen LogP contribution in [0.4, 0.5) is 0 Å². The summed E-state index contributed by atoms with van der Waals surface area (Å²) in [6.45, 7) is 2.55. The molecule has 0 spiro atoms. The summed E-state index contributed by atoms with van der Waals surface area (Å²) in [4.78, 5) is 0. The number of benzene rings is 1. The van der Waals surface area contributed by atoms with E-state index >= 15 is 0 Å². The van der Waals surface area contributed by atoms with Gasteiger partial charge < -0.3 is 14.8 Å². The highest BCUT2D eigenvalue weighted by atomic mass is 79.9. The van der Waals surface area contributed by atoms with Crippen molar-refractivity contribution in [3.63, 3.8) is 0 Å². The quantitative estimate of drug-likeness (QED) is 0.463. The largest absolute Gasteiger partial charge is 0.496 e. The van der Waals surface area contributed by atoms with Gasteiger partial charge in [-0.25, -0.2) is 0 Å². The van der Waals surface area contributed by atoms with Crippen molar-refractivity contribution in [2.75, 3.05) is 20.8 Å². The molecule has 0 saturated carbocycles. The van der Waals surface area contributed by atoms with Crippen LogP contribution in [0.25, 0.3) is 0 Å². The fraction of sp³-hybridized carbons (Fsp3) is 0.385. The number of rotatable bonds is 6. The van der Waals surface area contributed by atoms with Crippen molar-refractivity contribution in [3.05, 3.63) is 28.2 Å². The number of hydrogen-bond acceptors (Lipinski definition) is 4. The Hall–Kier alpha value is -1.18. The molecule has 0 fully saturated rings. The Labute approximate surface area is 132 Å². The van der Waals surface area contributed by atoms with Crippen molar-refractivity contribution in [3.8, 4) is 5.75 Å². The summed E-state index contributed by atoms with van der Waals surface area (Å²) in [6.07, 6.45) is 1.65. The number of hydrazone groups is 1. The fourth-order valence-corrected chi connectivity index (χ4v) is 2.15. The van der Waals surface area contributed by atoms with Gasteiger partial charge in [0, 0.05) is 23.2 Å². The molecule has 0 aromatic heterocycles. The van der Waals surface area contributed by atoms with E-state index in [1.807, 2.05) is 25.1 Å². The van der Waals surface area contributed by atoms with Crippen LogP contribution < -0.4 is 15.5 Å². The van der Waals surface area contributed by atoms with Gasteiger partial charge in [-0.15, -0.1) is 0 Å². The average Bonchev–Trinajstić information content (AvgIpc) is 2.39. The summed E-state index contributed by atoms with van der Waals surface area (Å²) >= 11 is 8.52. The Morgan fingerprint density at radius 3 is 2.90 bits per heavy atom. The molecule has 0 aliphatic heterocycles. The molecule has 0 unspecified atom stereocenters. The first kappa shape index (κ1) is 16.9. The third-order valence-corrected chi connectivity index (χ3v) is 3.06. The number of ether oxygens (including phenoxy) is 2. The van der Waals surface area contributed by atoms with E-state index in [1.54, 1.807) is 20.4 Å². The van der Waals surface area contributed by atoms with Crippen molar-refractivity contribution >= 4 is 39.5 Å². The van der Waals surface area contributed by atoms with Gasteiger partial charge in [0.15, 0.2) is 5.11 Å². The Balaban J connectivity index is 2.56. The van der Waals surface area contributed by atoms with Crippen molar-refractivity contribution in [2.24, 2.45) is 5.10 Å². The molecule has 1 aromatic rings. The first-order valence-corrected chi connectivity index (χ1v) is 7.19. The minimum atomic E-state index is 0.121. The van der Waals surface area contributed by atoms with Crippen molar-refractivity contribution < 1.29 is 9.47 Å². The molecule has 1 aromatic carbocycles. The summed E-state index contributed by atoms with van der Waals surface area (Å²) in [6, 6.07) is 5.80. The normalized spacial score (nSPS) is 12.2. The third kappa shape index (κ3) is 5.85. The molecule has 0 radical (unpaired) electrons. The van der Waals surface area contributed by atoms with Gasteiger partial charge in [0.05, 0.1) is 19.9 Å². The molecule has 0 aliphatic carbocycles. The molecule has 0 saturated heterocycles. The molecule has 0 heterocycles. The van der Waals surface area contributed by atoms with E-state index in [0.717, 1.165) is 15.8 Å². The van der Waals surface area contributed by atoms with Crippen LogP contribution >= 0.6 is 28.1 Å². The zero-order valence-electron chi connectivity index (χ0n) is 11.6. The number of nitrogens with zero attached hydrogens (tertiary/aromatic N) is 1. The molecule has 0 aliphatic rings. The van der Waals surface area contributed by atoms with Crippen LogP contribution in [0, 0.1) is 0 Å². The summed E-state index contributed by atoms with van der Waals surface area (Å²) in [5, 5.41) is 7.58. The number of hydrogen-bond donors (Lipinski definition) is 2. The highest BCUT2D eigenvalue weighted by molar-refractivity contribution is 9.10. The summed E-state index contributed by atoms with van der Waals surface area (Å²) < 4.78 is 11.2. The van der Waals surface area contributed by atoms with Gasteiger partial charge in [-0.1, -0.05) is 15.9 Å². The summed E-state index contributed by atoms with van der Waals surface area (Å²) in [5.74, 6) is 0.741. The van der Waals surface area contributed by atoms with Crippen LogP contribution in [-0.4, -0.2) is 38.2 Å². The first-order valence-electron chi connectivity index (χ1n) is 5.99. The van der Waals surface area contributed by atoms with Gasteiger partial charge in [0.2, 0.25) is 0 Å². The molecule has 1 atom stereocenters. The van der Waals surface area contributed by atoms with Gasteiger partial charge >= 0.3 is 0 Å².